The summed E-state index contributed by atoms with van der Waals surface area (Å²) in [5, 5.41) is 3.06. The summed E-state index contributed by atoms with van der Waals surface area (Å²) in [4.78, 5) is 30.2. The van der Waals surface area contributed by atoms with Crippen molar-refractivity contribution in [1.82, 2.24) is 10.2 Å². The fraction of sp³-hybridized carbons (Fsp3) is 0.286. The molecule has 0 spiro atoms. The number of hydrogen-bond donors (Lipinski definition) is 1. The van der Waals surface area contributed by atoms with Crippen molar-refractivity contribution in [2.24, 2.45) is 0 Å². The average molecular weight is 442 g/mol. The van der Waals surface area contributed by atoms with E-state index in [9.17, 15) is 9.59 Å². The lowest BCUT2D eigenvalue weighted by Crippen LogP contribution is -2.35. The second kappa shape index (κ2) is 10.8. The number of hydrogen-bond acceptors (Lipinski definition) is 3. The van der Waals surface area contributed by atoms with Crippen molar-refractivity contribution in [3.8, 4) is 0 Å². The van der Waals surface area contributed by atoms with Crippen LogP contribution in [-0.2, 0) is 11.3 Å². The minimum atomic E-state index is -0.400. The molecule has 0 bridgehead atoms. The fourth-order valence-corrected chi connectivity index (χ4v) is 4.35. The smallest absolute Gasteiger partial charge is 0.251 e. The zero-order chi connectivity index (χ0) is 23.0. The van der Waals surface area contributed by atoms with Crippen LogP contribution < -0.4 is 10.2 Å². The lowest BCUT2D eigenvalue weighted by molar-refractivity contribution is -0.130. The molecule has 1 unspecified atom stereocenters. The molecule has 1 heterocycles. The number of para-hydroxylation sites is 1. The molecular formula is C28H31N3O2. The van der Waals surface area contributed by atoms with Crippen LogP contribution in [0.2, 0.25) is 0 Å². The summed E-state index contributed by atoms with van der Waals surface area (Å²) < 4.78 is 0. The number of nitrogens with one attached hydrogen (secondary N) is 1. The third-order valence-corrected chi connectivity index (χ3v) is 6.19. The molecule has 4 rings (SSSR count). The number of anilines is 1. The molecule has 1 aliphatic heterocycles. The number of nitrogens with zero attached hydrogens (tertiary/aromatic N) is 2. The van der Waals surface area contributed by atoms with E-state index in [4.69, 9.17) is 0 Å². The van der Waals surface area contributed by atoms with Gasteiger partial charge in [0.15, 0.2) is 0 Å². The number of rotatable bonds is 8. The van der Waals surface area contributed by atoms with Crippen LogP contribution in [0.4, 0.5) is 5.69 Å². The third-order valence-electron chi connectivity index (χ3n) is 6.19. The van der Waals surface area contributed by atoms with Gasteiger partial charge in [-0.15, -0.1) is 0 Å². The van der Waals surface area contributed by atoms with E-state index in [1.165, 1.54) is 18.5 Å². The van der Waals surface area contributed by atoms with Gasteiger partial charge in [0.05, 0.1) is 12.5 Å². The molecule has 0 saturated carbocycles. The first kappa shape index (κ1) is 22.6. The van der Waals surface area contributed by atoms with E-state index in [-0.39, 0.29) is 18.2 Å². The zero-order valence-corrected chi connectivity index (χ0v) is 19.1. The number of carbonyl (C=O) groups excluding carboxylic acids is 2. The van der Waals surface area contributed by atoms with Gasteiger partial charge in [-0.3, -0.25) is 9.59 Å². The molecule has 1 aliphatic rings. The molecule has 5 heteroatoms. The number of carbonyl (C=O) groups is 2. The van der Waals surface area contributed by atoms with Crippen LogP contribution >= 0.6 is 0 Å². The molecule has 3 aromatic rings. The molecule has 170 valence electrons. The summed E-state index contributed by atoms with van der Waals surface area (Å²) in [7, 11) is 1.84. The molecule has 0 aromatic heterocycles. The van der Waals surface area contributed by atoms with Crippen LogP contribution in [0.1, 0.15) is 46.8 Å². The maximum atomic E-state index is 13.2. The Morgan fingerprint density at radius 1 is 0.879 bits per heavy atom. The van der Waals surface area contributed by atoms with Crippen molar-refractivity contribution < 1.29 is 9.59 Å². The molecule has 1 saturated heterocycles. The molecular weight excluding hydrogens is 410 g/mol. The van der Waals surface area contributed by atoms with Crippen molar-refractivity contribution in [2.75, 3.05) is 25.0 Å². The Bertz CT molecular complexity index is 1060. The Morgan fingerprint density at radius 2 is 1.48 bits per heavy atom. The van der Waals surface area contributed by atoms with Gasteiger partial charge in [-0.25, -0.2) is 0 Å². The van der Waals surface area contributed by atoms with E-state index in [0.29, 0.717) is 12.1 Å². The monoisotopic (exact) mass is 441 g/mol. The SMILES string of the molecule is CN(Cc1ccccc1N1CCCC1)C(=O)CC(NC(=O)c1ccccc1)c1ccccc1. The Labute approximate surface area is 196 Å². The van der Waals surface area contributed by atoms with E-state index in [1.807, 2.05) is 61.6 Å². The predicted molar refractivity (Wildman–Crippen MR) is 132 cm³/mol. The van der Waals surface area contributed by atoms with Crippen molar-refractivity contribution in [3.05, 3.63) is 102 Å². The highest BCUT2D eigenvalue weighted by molar-refractivity contribution is 5.94. The van der Waals surface area contributed by atoms with Crippen LogP contribution in [0.5, 0.6) is 0 Å². The maximum Gasteiger partial charge on any atom is 0.251 e. The van der Waals surface area contributed by atoms with Gasteiger partial charge in [0.2, 0.25) is 5.91 Å². The number of amides is 2. The number of benzene rings is 3. The van der Waals surface area contributed by atoms with Crippen LogP contribution in [0.3, 0.4) is 0 Å². The molecule has 5 nitrogen and oxygen atoms in total. The van der Waals surface area contributed by atoms with Crippen molar-refractivity contribution in [3.63, 3.8) is 0 Å². The minimum absolute atomic E-state index is 0.00607. The largest absolute Gasteiger partial charge is 0.371 e. The highest BCUT2D eigenvalue weighted by atomic mass is 16.2. The summed E-state index contributed by atoms with van der Waals surface area (Å²) in [5.41, 5.74) is 3.87. The van der Waals surface area contributed by atoms with Crippen molar-refractivity contribution in [1.29, 1.82) is 0 Å². The van der Waals surface area contributed by atoms with Gasteiger partial charge in [0.1, 0.15) is 0 Å². The maximum absolute atomic E-state index is 13.2. The van der Waals surface area contributed by atoms with Crippen molar-refractivity contribution >= 4 is 17.5 Å². The van der Waals surface area contributed by atoms with Crippen LogP contribution in [0.25, 0.3) is 0 Å². The fourth-order valence-electron chi connectivity index (χ4n) is 4.35. The first-order valence-electron chi connectivity index (χ1n) is 11.6. The molecule has 3 aromatic carbocycles. The second-order valence-electron chi connectivity index (χ2n) is 8.58. The topological polar surface area (TPSA) is 52.6 Å². The van der Waals surface area contributed by atoms with E-state index >= 15 is 0 Å². The zero-order valence-electron chi connectivity index (χ0n) is 19.1. The summed E-state index contributed by atoms with van der Waals surface area (Å²) in [5.74, 6) is -0.187. The van der Waals surface area contributed by atoms with Crippen LogP contribution in [-0.4, -0.2) is 36.9 Å². The first-order chi connectivity index (χ1) is 16.1. The van der Waals surface area contributed by atoms with Crippen LogP contribution in [0.15, 0.2) is 84.9 Å². The summed E-state index contributed by atoms with van der Waals surface area (Å²) >= 11 is 0. The van der Waals surface area contributed by atoms with Gasteiger partial charge in [-0.05, 0) is 42.2 Å². The van der Waals surface area contributed by atoms with Gasteiger partial charge in [0, 0.05) is 37.9 Å². The molecule has 1 atom stereocenters. The summed E-state index contributed by atoms with van der Waals surface area (Å²) in [6.45, 7) is 2.67. The van der Waals surface area contributed by atoms with E-state index in [2.05, 4.69) is 28.4 Å². The Hall–Kier alpha value is -3.60. The predicted octanol–water partition coefficient (Wildman–Crippen LogP) is 4.81. The van der Waals surface area contributed by atoms with Gasteiger partial charge >= 0.3 is 0 Å². The molecule has 1 N–H and O–H groups in total. The quantitative estimate of drug-likeness (QED) is 0.546. The van der Waals surface area contributed by atoms with E-state index in [0.717, 1.165) is 24.2 Å². The van der Waals surface area contributed by atoms with Crippen LogP contribution in [0, 0.1) is 0 Å². The van der Waals surface area contributed by atoms with Gasteiger partial charge in [-0.2, -0.15) is 0 Å². The highest BCUT2D eigenvalue weighted by Gasteiger charge is 2.22. The lowest BCUT2D eigenvalue weighted by atomic mass is 10.0. The molecule has 1 fully saturated rings. The Morgan fingerprint density at radius 3 is 2.18 bits per heavy atom. The Kier molecular flexibility index (Phi) is 7.40. The molecule has 0 aliphatic carbocycles. The minimum Gasteiger partial charge on any atom is -0.371 e. The highest BCUT2D eigenvalue weighted by Crippen LogP contribution is 2.26. The van der Waals surface area contributed by atoms with Gasteiger partial charge in [-0.1, -0.05) is 66.7 Å². The normalized spacial score (nSPS) is 14.0. The van der Waals surface area contributed by atoms with E-state index in [1.54, 1.807) is 17.0 Å². The molecule has 33 heavy (non-hydrogen) atoms. The lowest BCUT2D eigenvalue weighted by Gasteiger charge is -2.26. The Balaban J connectivity index is 1.47. The van der Waals surface area contributed by atoms with Crippen molar-refractivity contribution in [2.45, 2.75) is 31.8 Å². The third kappa shape index (κ3) is 5.80. The van der Waals surface area contributed by atoms with Gasteiger partial charge < -0.3 is 15.1 Å². The summed E-state index contributed by atoms with van der Waals surface area (Å²) in [6, 6.07) is 26.7. The van der Waals surface area contributed by atoms with E-state index < -0.39 is 6.04 Å². The first-order valence-corrected chi connectivity index (χ1v) is 11.6. The average Bonchev–Trinajstić information content (AvgIpc) is 3.40. The molecule has 0 radical (unpaired) electrons. The molecule has 2 amide bonds. The standard InChI is InChI=1S/C28H31N3O2/c1-30(21-24-16-8-9-17-26(24)31-18-10-11-19-31)27(32)20-25(22-12-4-2-5-13-22)29-28(33)23-14-6-3-7-15-23/h2-9,12-17,25H,10-11,18-21H2,1H3,(H,29,33). The summed E-state index contributed by atoms with van der Waals surface area (Å²) in [6.07, 6.45) is 2.62. The second-order valence-corrected chi connectivity index (χ2v) is 8.58. The van der Waals surface area contributed by atoms with Gasteiger partial charge in [0.25, 0.3) is 5.91 Å².